The lowest BCUT2D eigenvalue weighted by molar-refractivity contribution is 0.870. The van der Waals surface area contributed by atoms with Crippen molar-refractivity contribution in [2.75, 3.05) is 5.32 Å². The van der Waals surface area contributed by atoms with Gasteiger partial charge in [0.05, 0.1) is 4.47 Å². The van der Waals surface area contributed by atoms with Gasteiger partial charge in [0.25, 0.3) is 0 Å². The van der Waals surface area contributed by atoms with Crippen LogP contribution in [0.25, 0.3) is 0 Å². The first-order valence-corrected chi connectivity index (χ1v) is 6.31. The second-order valence-electron chi connectivity index (χ2n) is 3.64. The zero-order valence-electron chi connectivity index (χ0n) is 9.19. The third-order valence-corrected chi connectivity index (χ3v) is 3.22. The number of aromatic nitrogens is 2. The van der Waals surface area contributed by atoms with Crippen molar-refractivity contribution in [3.8, 4) is 0 Å². The van der Waals surface area contributed by atoms with E-state index in [1.165, 1.54) is 6.33 Å². The number of anilines is 1. The Morgan fingerprint density at radius 3 is 2.65 bits per heavy atom. The van der Waals surface area contributed by atoms with E-state index in [2.05, 4.69) is 38.1 Å². The standard InChI is InChI=1S/C12H11BrClN3/c1-8(9-2-4-10(14)5-3-9)17-12-11(13)6-15-7-16-12/h2-8H,1H3,(H,15,16,17). The topological polar surface area (TPSA) is 37.8 Å². The van der Waals surface area contributed by atoms with Crippen molar-refractivity contribution < 1.29 is 0 Å². The van der Waals surface area contributed by atoms with Crippen LogP contribution in [-0.2, 0) is 0 Å². The van der Waals surface area contributed by atoms with Gasteiger partial charge in [-0.05, 0) is 40.5 Å². The maximum atomic E-state index is 5.85. The van der Waals surface area contributed by atoms with Crippen LogP contribution in [0.5, 0.6) is 0 Å². The molecule has 1 unspecified atom stereocenters. The maximum Gasteiger partial charge on any atom is 0.144 e. The third-order valence-electron chi connectivity index (χ3n) is 2.39. The molecule has 2 aromatic rings. The molecule has 1 aromatic carbocycles. The van der Waals surface area contributed by atoms with E-state index in [0.29, 0.717) is 0 Å². The fraction of sp³-hybridized carbons (Fsp3) is 0.167. The molecule has 17 heavy (non-hydrogen) atoms. The highest BCUT2D eigenvalue weighted by Gasteiger charge is 2.08. The normalized spacial score (nSPS) is 12.2. The van der Waals surface area contributed by atoms with Gasteiger partial charge in [-0.25, -0.2) is 9.97 Å². The van der Waals surface area contributed by atoms with Crippen LogP contribution in [0.2, 0.25) is 5.02 Å². The zero-order valence-corrected chi connectivity index (χ0v) is 11.5. The Morgan fingerprint density at radius 1 is 1.29 bits per heavy atom. The smallest absolute Gasteiger partial charge is 0.144 e. The molecule has 0 amide bonds. The predicted octanol–water partition coefficient (Wildman–Crippen LogP) is 4.07. The second kappa shape index (κ2) is 5.47. The minimum Gasteiger partial charge on any atom is -0.363 e. The van der Waals surface area contributed by atoms with Gasteiger partial charge in [-0.15, -0.1) is 0 Å². The molecule has 2 rings (SSSR count). The van der Waals surface area contributed by atoms with Gasteiger partial charge in [-0.2, -0.15) is 0 Å². The highest BCUT2D eigenvalue weighted by molar-refractivity contribution is 9.10. The van der Waals surface area contributed by atoms with Crippen LogP contribution < -0.4 is 5.32 Å². The summed E-state index contributed by atoms with van der Waals surface area (Å²) in [5.41, 5.74) is 1.15. The maximum absolute atomic E-state index is 5.85. The molecule has 5 heteroatoms. The summed E-state index contributed by atoms with van der Waals surface area (Å²) >= 11 is 9.25. The molecule has 0 aliphatic rings. The predicted molar refractivity (Wildman–Crippen MR) is 73.2 cm³/mol. The first-order valence-electron chi connectivity index (χ1n) is 5.14. The summed E-state index contributed by atoms with van der Waals surface area (Å²) in [5.74, 6) is 0.780. The van der Waals surface area contributed by atoms with Crippen LogP contribution in [0.1, 0.15) is 18.5 Å². The Morgan fingerprint density at radius 2 is 2.00 bits per heavy atom. The largest absolute Gasteiger partial charge is 0.363 e. The Kier molecular flexibility index (Phi) is 3.97. The lowest BCUT2D eigenvalue weighted by Crippen LogP contribution is -2.08. The Labute approximate surface area is 113 Å². The fourth-order valence-corrected chi connectivity index (χ4v) is 1.92. The summed E-state index contributed by atoms with van der Waals surface area (Å²) in [6, 6.07) is 7.90. The monoisotopic (exact) mass is 311 g/mol. The number of halogens is 2. The van der Waals surface area contributed by atoms with Crippen molar-refractivity contribution in [3.05, 3.63) is 51.8 Å². The van der Waals surface area contributed by atoms with Gasteiger partial charge in [-0.1, -0.05) is 23.7 Å². The first kappa shape index (κ1) is 12.3. The summed E-state index contributed by atoms with van der Waals surface area (Å²) in [6.45, 7) is 2.07. The van der Waals surface area contributed by atoms with E-state index in [1.54, 1.807) is 6.20 Å². The van der Waals surface area contributed by atoms with Gasteiger partial charge in [0.15, 0.2) is 0 Å². The molecule has 1 aromatic heterocycles. The molecule has 0 spiro atoms. The van der Waals surface area contributed by atoms with Gasteiger partial charge in [0.1, 0.15) is 12.1 Å². The number of benzene rings is 1. The van der Waals surface area contributed by atoms with Crippen molar-refractivity contribution in [2.24, 2.45) is 0 Å². The van der Waals surface area contributed by atoms with Gasteiger partial charge >= 0.3 is 0 Å². The molecule has 0 saturated carbocycles. The van der Waals surface area contributed by atoms with Crippen LogP contribution in [0.3, 0.4) is 0 Å². The Hall–Kier alpha value is -1.13. The van der Waals surface area contributed by atoms with Crippen LogP contribution >= 0.6 is 27.5 Å². The van der Waals surface area contributed by atoms with Gasteiger partial charge in [0.2, 0.25) is 0 Å². The van der Waals surface area contributed by atoms with Crippen molar-refractivity contribution in [1.82, 2.24) is 9.97 Å². The lowest BCUT2D eigenvalue weighted by atomic mass is 10.1. The van der Waals surface area contributed by atoms with E-state index < -0.39 is 0 Å². The van der Waals surface area contributed by atoms with Crippen LogP contribution in [0.15, 0.2) is 41.3 Å². The minimum absolute atomic E-state index is 0.151. The summed E-state index contributed by atoms with van der Waals surface area (Å²) in [7, 11) is 0. The Balaban J connectivity index is 2.14. The van der Waals surface area contributed by atoms with E-state index in [4.69, 9.17) is 11.6 Å². The van der Waals surface area contributed by atoms with E-state index in [9.17, 15) is 0 Å². The number of hydrogen-bond donors (Lipinski definition) is 1. The average molecular weight is 313 g/mol. The lowest BCUT2D eigenvalue weighted by Gasteiger charge is -2.15. The highest BCUT2D eigenvalue weighted by Crippen LogP contribution is 2.24. The van der Waals surface area contributed by atoms with Gasteiger partial charge in [-0.3, -0.25) is 0 Å². The van der Waals surface area contributed by atoms with Crippen LogP contribution in [0.4, 0.5) is 5.82 Å². The van der Waals surface area contributed by atoms with Crippen LogP contribution in [-0.4, -0.2) is 9.97 Å². The molecule has 1 heterocycles. The van der Waals surface area contributed by atoms with Crippen LogP contribution in [0, 0.1) is 0 Å². The van der Waals surface area contributed by atoms with E-state index in [1.807, 2.05) is 24.3 Å². The van der Waals surface area contributed by atoms with Crippen molar-refractivity contribution in [3.63, 3.8) is 0 Å². The zero-order chi connectivity index (χ0) is 12.3. The van der Waals surface area contributed by atoms with Crippen molar-refractivity contribution in [1.29, 1.82) is 0 Å². The number of rotatable bonds is 3. The summed E-state index contributed by atoms with van der Waals surface area (Å²) in [6.07, 6.45) is 3.23. The quantitative estimate of drug-likeness (QED) is 0.928. The minimum atomic E-state index is 0.151. The summed E-state index contributed by atoms with van der Waals surface area (Å²) < 4.78 is 0.848. The van der Waals surface area contributed by atoms with Gasteiger partial charge < -0.3 is 5.32 Å². The first-order chi connectivity index (χ1) is 8.16. The van der Waals surface area contributed by atoms with E-state index in [-0.39, 0.29) is 6.04 Å². The molecular weight excluding hydrogens is 302 g/mol. The van der Waals surface area contributed by atoms with E-state index in [0.717, 1.165) is 20.9 Å². The molecule has 1 N–H and O–H groups in total. The fourth-order valence-electron chi connectivity index (χ4n) is 1.46. The number of nitrogens with zero attached hydrogens (tertiary/aromatic N) is 2. The molecule has 0 aliphatic heterocycles. The molecule has 0 saturated heterocycles. The SMILES string of the molecule is CC(Nc1ncncc1Br)c1ccc(Cl)cc1. The average Bonchev–Trinajstić information content (AvgIpc) is 2.33. The summed E-state index contributed by atoms with van der Waals surface area (Å²) in [5, 5.41) is 4.04. The molecule has 0 bridgehead atoms. The van der Waals surface area contributed by atoms with E-state index >= 15 is 0 Å². The Bertz CT molecular complexity index is 501. The van der Waals surface area contributed by atoms with Gasteiger partial charge in [0, 0.05) is 17.3 Å². The van der Waals surface area contributed by atoms with Crippen molar-refractivity contribution in [2.45, 2.75) is 13.0 Å². The number of hydrogen-bond acceptors (Lipinski definition) is 3. The second-order valence-corrected chi connectivity index (χ2v) is 4.93. The number of nitrogens with one attached hydrogen (secondary N) is 1. The molecular formula is C12H11BrClN3. The summed E-state index contributed by atoms with van der Waals surface area (Å²) in [4.78, 5) is 8.09. The molecule has 0 fully saturated rings. The highest BCUT2D eigenvalue weighted by atomic mass is 79.9. The molecule has 1 atom stereocenters. The van der Waals surface area contributed by atoms with Crippen molar-refractivity contribution >= 4 is 33.3 Å². The molecule has 88 valence electrons. The molecule has 3 nitrogen and oxygen atoms in total. The third kappa shape index (κ3) is 3.17. The molecule has 0 radical (unpaired) electrons. The molecule has 0 aliphatic carbocycles.